The minimum Gasteiger partial charge on any atom is -0.412 e. The zero-order valence-electron chi connectivity index (χ0n) is 23.2. The standard InChI is InChI=1S/C26H33F3N4O5SSi/c1-16(38-40(7,8)25(2,3)4)22(31-18-11-14-21(30-5)20(15-18)26(27,28)29)24(35)33-32-23(34)17-9-12-19(13-10-17)39(6,36)37/h9-16,22,31H,1-4,6-8H3,(H,32,34)(H,33,35)/t16-,22-/m1/s1. The van der Waals surface area contributed by atoms with E-state index in [0.29, 0.717) is 0 Å². The number of benzene rings is 2. The molecule has 0 aliphatic heterocycles. The Morgan fingerprint density at radius 1 is 1.02 bits per heavy atom. The Bertz CT molecular complexity index is 1400. The number of alkyl halides is 3. The smallest absolute Gasteiger partial charge is 0.407 e. The van der Waals surface area contributed by atoms with Crippen LogP contribution in [-0.2, 0) is 25.2 Å². The van der Waals surface area contributed by atoms with Gasteiger partial charge in [0.05, 0.1) is 23.1 Å². The maximum Gasteiger partial charge on any atom is 0.407 e. The Labute approximate surface area is 233 Å². The van der Waals surface area contributed by atoms with Crippen LogP contribution in [0.4, 0.5) is 24.5 Å². The third kappa shape index (κ3) is 8.29. The van der Waals surface area contributed by atoms with Crippen LogP contribution in [0.5, 0.6) is 0 Å². The fourth-order valence-corrected chi connectivity index (χ4v) is 5.41. The third-order valence-corrected chi connectivity index (χ3v) is 12.3. The lowest BCUT2D eigenvalue weighted by atomic mass is 10.1. The lowest BCUT2D eigenvalue weighted by Gasteiger charge is -2.40. The number of nitrogens with one attached hydrogen (secondary N) is 3. The molecule has 2 amide bonds. The molecular weight excluding hydrogens is 565 g/mol. The third-order valence-electron chi connectivity index (χ3n) is 6.63. The van der Waals surface area contributed by atoms with Crippen LogP contribution in [0.15, 0.2) is 47.4 Å². The van der Waals surface area contributed by atoms with E-state index in [1.54, 1.807) is 6.92 Å². The second-order valence-electron chi connectivity index (χ2n) is 10.8. The van der Waals surface area contributed by atoms with E-state index in [2.05, 4.69) is 21.0 Å². The van der Waals surface area contributed by atoms with E-state index in [1.807, 2.05) is 33.9 Å². The van der Waals surface area contributed by atoms with E-state index >= 15 is 0 Å². The first-order chi connectivity index (χ1) is 18.2. The molecule has 0 saturated heterocycles. The summed E-state index contributed by atoms with van der Waals surface area (Å²) in [7, 11) is -5.92. The molecule has 0 saturated carbocycles. The van der Waals surface area contributed by atoms with E-state index in [-0.39, 0.29) is 21.2 Å². The number of hydrazine groups is 1. The fourth-order valence-electron chi connectivity index (χ4n) is 3.36. The summed E-state index contributed by atoms with van der Waals surface area (Å²) >= 11 is 0. The van der Waals surface area contributed by atoms with Crippen molar-refractivity contribution in [2.24, 2.45) is 0 Å². The van der Waals surface area contributed by atoms with E-state index in [9.17, 15) is 31.2 Å². The van der Waals surface area contributed by atoms with Crippen molar-refractivity contribution in [2.45, 2.75) is 69.0 Å². The largest absolute Gasteiger partial charge is 0.412 e. The first kappa shape index (κ1) is 32.8. The number of rotatable bonds is 8. The highest BCUT2D eigenvalue weighted by Gasteiger charge is 2.41. The Kier molecular flexibility index (Phi) is 9.83. The van der Waals surface area contributed by atoms with Crippen LogP contribution in [0, 0.1) is 6.57 Å². The molecule has 0 aliphatic rings. The topological polar surface area (TPSA) is 118 Å². The number of amides is 2. The highest BCUT2D eigenvalue weighted by molar-refractivity contribution is 7.90. The molecule has 0 aliphatic carbocycles. The van der Waals surface area contributed by atoms with Crippen molar-refractivity contribution in [3.05, 3.63) is 65.0 Å². The highest BCUT2D eigenvalue weighted by atomic mass is 32.2. The van der Waals surface area contributed by atoms with Gasteiger partial charge in [-0.15, -0.1) is 0 Å². The molecule has 0 bridgehead atoms. The highest BCUT2D eigenvalue weighted by Crippen LogP contribution is 2.39. The van der Waals surface area contributed by atoms with Gasteiger partial charge in [-0.2, -0.15) is 13.2 Å². The Morgan fingerprint density at radius 2 is 1.60 bits per heavy atom. The van der Waals surface area contributed by atoms with Gasteiger partial charge < -0.3 is 9.74 Å². The van der Waals surface area contributed by atoms with Crippen LogP contribution in [0.2, 0.25) is 18.1 Å². The van der Waals surface area contributed by atoms with Crippen LogP contribution in [-0.4, -0.2) is 47.0 Å². The SMILES string of the molecule is [C-]#[N+]c1ccc(N[C@@H](C(=O)NNC(=O)c2ccc(S(C)(=O)=O)cc2)[C@@H](C)O[Si](C)(C)C(C)(C)C)cc1C(F)(F)F. The number of halogens is 3. The molecule has 14 heteroatoms. The summed E-state index contributed by atoms with van der Waals surface area (Å²) in [5.41, 5.74) is 2.74. The summed E-state index contributed by atoms with van der Waals surface area (Å²) in [6.07, 6.45) is -4.61. The Hall–Kier alpha value is -3.41. The van der Waals surface area contributed by atoms with Crippen LogP contribution < -0.4 is 16.2 Å². The van der Waals surface area contributed by atoms with E-state index in [0.717, 1.165) is 18.4 Å². The normalized spacial score (nSPS) is 14.0. The van der Waals surface area contributed by atoms with Crippen LogP contribution in [0.3, 0.4) is 0 Å². The van der Waals surface area contributed by atoms with Crippen molar-refractivity contribution in [1.29, 1.82) is 0 Å². The van der Waals surface area contributed by atoms with Gasteiger partial charge >= 0.3 is 6.18 Å². The summed E-state index contributed by atoms with van der Waals surface area (Å²) in [5.74, 6) is -1.54. The maximum atomic E-state index is 13.5. The number of nitrogens with zero attached hydrogens (tertiary/aromatic N) is 1. The van der Waals surface area contributed by atoms with E-state index < -0.39 is 59.5 Å². The molecule has 0 heterocycles. The van der Waals surface area contributed by atoms with E-state index in [4.69, 9.17) is 11.0 Å². The van der Waals surface area contributed by atoms with Crippen molar-refractivity contribution in [2.75, 3.05) is 11.6 Å². The predicted octanol–water partition coefficient (Wildman–Crippen LogP) is 5.31. The van der Waals surface area contributed by atoms with Gasteiger partial charge in [0.1, 0.15) is 6.04 Å². The molecule has 0 spiro atoms. The van der Waals surface area contributed by atoms with Gasteiger partial charge in [-0.05, 0) is 61.5 Å². The van der Waals surface area contributed by atoms with Crippen LogP contribution in [0.1, 0.15) is 43.6 Å². The summed E-state index contributed by atoms with van der Waals surface area (Å²) in [4.78, 5) is 28.8. The molecule has 0 radical (unpaired) electrons. The number of sulfone groups is 1. The van der Waals surface area contributed by atoms with Crippen molar-refractivity contribution in [1.82, 2.24) is 10.9 Å². The van der Waals surface area contributed by atoms with Crippen molar-refractivity contribution < 1.29 is 35.6 Å². The Morgan fingerprint density at radius 3 is 2.08 bits per heavy atom. The molecule has 2 rings (SSSR count). The minimum absolute atomic E-state index is 0.0106. The molecule has 40 heavy (non-hydrogen) atoms. The average Bonchev–Trinajstić information content (AvgIpc) is 2.83. The summed E-state index contributed by atoms with van der Waals surface area (Å²) in [6.45, 7) is 18.5. The number of hydrogen-bond donors (Lipinski definition) is 3. The number of carbonyl (C=O) groups excluding carboxylic acids is 2. The maximum absolute atomic E-state index is 13.5. The predicted molar refractivity (Wildman–Crippen MR) is 148 cm³/mol. The molecular formula is C26H33F3N4O5SSi. The number of hydrogen-bond acceptors (Lipinski definition) is 6. The number of anilines is 1. The van der Waals surface area contributed by atoms with E-state index in [1.165, 1.54) is 30.3 Å². The van der Waals surface area contributed by atoms with Crippen LogP contribution >= 0.6 is 0 Å². The molecule has 0 fully saturated rings. The van der Waals surface area contributed by atoms with Crippen molar-refractivity contribution >= 4 is 41.3 Å². The zero-order valence-corrected chi connectivity index (χ0v) is 25.0. The van der Waals surface area contributed by atoms with Gasteiger partial charge in [-0.25, -0.2) is 13.3 Å². The van der Waals surface area contributed by atoms with Gasteiger partial charge in [-0.3, -0.25) is 20.4 Å². The quantitative estimate of drug-likeness (QED) is 0.215. The lowest BCUT2D eigenvalue weighted by molar-refractivity contribution is -0.136. The first-order valence-corrected chi connectivity index (χ1v) is 16.9. The van der Waals surface area contributed by atoms with Crippen LogP contribution in [0.25, 0.3) is 4.85 Å². The second kappa shape index (κ2) is 12.0. The molecule has 2 atom stereocenters. The van der Waals surface area contributed by atoms with Gasteiger partial charge in [0.15, 0.2) is 23.8 Å². The van der Waals surface area contributed by atoms with Gasteiger partial charge in [0.2, 0.25) is 0 Å². The zero-order chi connectivity index (χ0) is 30.7. The van der Waals surface area contributed by atoms with Gasteiger partial charge in [-0.1, -0.05) is 26.8 Å². The van der Waals surface area contributed by atoms with Crippen molar-refractivity contribution in [3.63, 3.8) is 0 Å². The monoisotopic (exact) mass is 598 g/mol. The first-order valence-electron chi connectivity index (χ1n) is 12.1. The van der Waals surface area contributed by atoms with Crippen molar-refractivity contribution in [3.8, 4) is 0 Å². The number of carbonyl (C=O) groups is 2. The lowest BCUT2D eigenvalue weighted by Crippen LogP contribution is -2.55. The molecule has 2 aromatic rings. The molecule has 2 aromatic carbocycles. The Balaban J connectivity index is 2.33. The second-order valence-corrected chi connectivity index (χ2v) is 17.6. The molecule has 9 nitrogen and oxygen atoms in total. The molecule has 0 aromatic heterocycles. The molecule has 218 valence electrons. The average molecular weight is 599 g/mol. The minimum atomic E-state index is -4.79. The summed E-state index contributed by atoms with van der Waals surface area (Å²) in [5, 5.41) is 2.53. The summed E-state index contributed by atoms with van der Waals surface area (Å²) in [6, 6.07) is 6.80. The van der Waals surface area contributed by atoms with Gasteiger partial charge in [0.25, 0.3) is 11.8 Å². The summed E-state index contributed by atoms with van der Waals surface area (Å²) < 4.78 is 70.2. The van der Waals surface area contributed by atoms with Gasteiger partial charge in [0, 0.05) is 17.5 Å². The fraction of sp³-hybridized carbons (Fsp3) is 0.423. The molecule has 0 unspecified atom stereocenters. The molecule has 3 N–H and O–H groups in total.